The Morgan fingerprint density at radius 1 is 0.939 bits per heavy atom. The first kappa shape index (κ1) is 22.7. The summed E-state index contributed by atoms with van der Waals surface area (Å²) in [6.45, 7) is 8.99. The minimum atomic E-state index is -0.203. The highest BCUT2D eigenvalue weighted by molar-refractivity contribution is 5.86. The molecule has 0 spiro atoms. The second-order valence-corrected chi connectivity index (χ2v) is 8.79. The molecule has 0 radical (unpaired) electrons. The van der Waals surface area contributed by atoms with Crippen molar-refractivity contribution in [2.45, 2.75) is 39.7 Å². The predicted molar refractivity (Wildman–Crippen MR) is 135 cm³/mol. The van der Waals surface area contributed by atoms with Crippen molar-refractivity contribution in [3.8, 4) is 5.75 Å². The molecule has 0 saturated heterocycles. The van der Waals surface area contributed by atoms with Gasteiger partial charge in [0.15, 0.2) is 6.61 Å². The first-order valence-electron chi connectivity index (χ1n) is 11.6. The number of likely N-dealkylation sites (N-methyl/N-ethyl adjacent to an activating group) is 1. The molecule has 0 unspecified atom stereocenters. The highest BCUT2D eigenvalue weighted by atomic mass is 16.5. The number of para-hydroxylation sites is 1. The van der Waals surface area contributed by atoms with Crippen LogP contribution in [0.3, 0.4) is 0 Å². The maximum Gasteiger partial charge on any atom is 0.261 e. The number of amides is 1. The molecule has 0 aliphatic carbocycles. The van der Waals surface area contributed by atoms with Crippen LogP contribution in [0.5, 0.6) is 5.75 Å². The molecule has 170 valence electrons. The third kappa shape index (κ3) is 4.95. The van der Waals surface area contributed by atoms with Crippen molar-refractivity contribution in [2.24, 2.45) is 0 Å². The lowest BCUT2D eigenvalue weighted by atomic mass is 9.95. The molecule has 1 heterocycles. The molecule has 4 nitrogen and oxygen atoms in total. The molecule has 4 heteroatoms. The van der Waals surface area contributed by atoms with Gasteiger partial charge in [-0.05, 0) is 49.1 Å². The number of carbonyl (C=O) groups is 1. The lowest BCUT2D eigenvalue weighted by Gasteiger charge is -2.31. The number of aromatic amines is 1. The Morgan fingerprint density at radius 2 is 1.61 bits per heavy atom. The van der Waals surface area contributed by atoms with Crippen molar-refractivity contribution >= 4 is 16.8 Å². The number of H-pyrrole nitrogens is 1. The van der Waals surface area contributed by atoms with Crippen LogP contribution in [0.1, 0.15) is 55.0 Å². The van der Waals surface area contributed by atoms with Gasteiger partial charge in [0.25, 0.3) is 5.91 Å². The molecule has 0 fully saturated rings. The Balaban J connectivity index is 1.63. The van der Waals surface area contributed by atoms with Crippen molar-refractivity contribution in [3.63, 3.8) is 0 Å². The van der Waals surface area contributed by atoms with E-state index >= 15 is 0 Å². The molecule has 0 aliphatic heterocycles. The number of nitrogens with zero attached hydrogens (tertiary/aromatic N) is 1. The third-order valence-electron chi connectivity index (χ3n) is 6.19. The number of fused-ring (bicyclic) bond motifs is 1. The van der Waals surface area contributed by atoms with Gasteiger partial charge in [0.2, 0.25) is 0 Å². The van der Waals surface area contributed by atoms with E-state index in [1.165, 1.54) is 11.1 Å². The van der Waals surface area contributed by atoms with Crippen LogP contribution in [-0.2, 0) is 4.79 Å². The summed E-state index contributed by atoms with van der Waals surface area (Å²) < 4.78 is 5.90. The lowest BCUT2D eigenvalue weighted by Crippen LogP contribution is -2.38. The first-order valence-corrected chi connectivity index (χ1v) is 11.6. The number of aryl methyl sites for hydroxylation is 1. The van der Waals surface area contributed by atoms with E-state index in [1.807, 2.05) is 42.3 Å². The van der Waals surface area contributed by atoms with Crippen molar-refractivity contribution in [2.75, 3.05) is 13.2 Å². The monoisotopic (exact) mass is 440 g/mol. The van der Waals surface area contributed by atoms with E-state index in [2.05, 4.69) is 74.3 Å². The van der Waals surface area contributed by atoms with Crippen LogP contribution < -0.4 is 4.74 Å². The quantitative estimate of drug-likeness (QED) is 0.335. The lowest BCUT2D eigenvalue weighted by molar-refractivity contribution is -0.134. The van der Waals surface area contributed by atoms with Crippen LogP contribution in [0.25, 0.3) is 10.9 Å². The first-order chi connectivity index (χ1) is 16.0. The van der Waals surface area contributed by atoms with Gasteiger partial charge in [-0.2, -0.15) is 0 Å². The molecular formula is C29H32N2O2. The molecule has 1 atom stereocenters. The zero-order valence-electron chi connectivity index (χ0n) is 19.8. The summed E-state index contributed by atoms with van der Waals surface area (Å²) in [5.41, 5.74) is 5.68. The van der Waals surface area contributed by atoms with E-state index in [4.69, 9.17) is 4.74 Å². The average molecular weight is 441 g/mol. The average Bonchev–Trinajstić information content (AvgIpc) is 3.25. The summed E-state index contributed by atoms with van der Waals surface area (Å²) in [6.07, 6.45) is 2.02. The molecule has 3 aromatic carbocycles. The van der Waals surface area contributed by atoms with Crippen molar-refractivity contribution in [1.29, 1.82) is 0 Å². The molecule has 0 aliphatic rings. The number of ether oxygens (including phenoxy) is 1. The molecular weight excluding hydrogens is 408 g/mol. The van der Waals surface area contributed by atoms with Gasteiger partial charge in [-0.15, -0.1) is 0 Å². The fraction of sp³-hybridized carbons (Fsp3) is 0.276. The number of nitrogens with one attached hydrogen (secondary N) is 1. The fourth-order valence-electron chi connectivity index (χ4n) is 4.28. The smallest absolute Gasteiger partial charge is 0.261 e. The van der Waals surface area contributed by atoms with Gasteiger partial charge in [-0.25, -0.2) is 0 Å². The minimum absolute atomic E-state index is 0.000415. The highest BCUT2D eigenvalue weighted by Gasteiger charge is 2.28. The van der Waals surface area contributed by atoms with Gasteiger partial charge in [0.1, 0.15) is 5.75 Å². The Labute approximate surface area is 196 Å². The number of hydrogen-bond donors (Lipinski definition) is 1. The summed E-state index contributed by atoms with van der Waals surface area (Å²) in [6, 6.07) is 24.4. The van der Waals surface area contributed by atoms with Gasteiger partial charge in [-0.3, -0.25) is 4.79 Å². The van der Waals surface area contributed by atoms with Crippen LogP contribution >= 0.6 is 0 Å². The zero-order chi connectivity index (χ0) is 23.4. The largest absolute Gasteiger partial charge is 0.484 e. The second kappa shape index (κ2) is 9.95. The van der Waals surface area contributed by atoms with E-state index in [0.29, 0.717) is 18.2 Å². The minimum Gasteiger partial charge on any atom is -0.484 e. The normalized spacial score (nSPS) is 12.2. The van der Waals surface area contributed by atoms with Crippen molar-refractivity contribution in [3.05, 3.63) is 101 Å². The van der Waals surface area contributed by atoms with Crippen LogP contribution in [0.2, 0.25) is 0 Å². The van der Waals surface area contributed by atoms with Gasteiger partial charge in [0.05, 0.1) is 6.04 Å². The number of hydrogen-bond acceptors (Lipinski definition) is 2. The van der Waals surface area contributed by atoms with Gasteiger partial charge in [-0.1, -0.05) is 74.0 Å². The Morgan fingerprint density at radius 3 is 2.27 bits per heavy atom. The molecule has 33 heavy (non-hydrogen) atoms. The van der Waals surface area contributed by atoms with Crippen LogP contribution in [0.15, 0.2) is 79.0 Å². The van der Waals surface area contributed by atoms with E-state index < -0.39 is 0 Å². The van der Waals surface area contributed by atoms with E-state index in [-0.39, 0.29) is 18.6 Å². The van der Waals surface area contributed by atoms with Gasteiger partial charge in [0, 0.05) is 29.2 Å². The van der Waals surface area contributed by atoms with Crippen LogP contribution in [0.4, 0.5) is 0 Å². The van der Waals surface area contributed by atoms with E-state index in [0.717, 1.165) is 22.0 Å². The molecule has 4 rings (SSSR count). The van der Waals surface area contributed by atoms with Crippen molar-refractivity contribution < 1.29 is 9.53 Å². The summed E-state index contributed by atoms with van der Waals surface area (Å²) in [5, 5.41) is 1.12. The number of carbonyl (C=O) groups excluding carboxylic acids is 1. The fourth-order valence-corrected chi connectivity index (χ4v) is 4.28. The molecule has 1 N–H and O–H groups in total. The zero-order valence-corrected chi connectivity index (χ0v) is 19.8. The third-order valence-corrected chi connectivity index (χ3v) is 6.19. The number of aromatic nitrogens is 1. The van der Waals surface area contributed by atoms with Crippen molar-refractivity contribution in [1.82, 2.24) is 9.88 Å². The van der Waals surface area contributed by atoms with E-state index in [1.54, 1.807) is 0 Å². The molecule has 0 bridgehead atoms. The Hall–Kier alpha value is -3.53. The molecule has 1 aromatic heterocycles. The predicted octanol–water partition coefficient (Wildman–Crippen LogP) is 6.62. The maximum absolute atomic E-state index is 13.4. The van der Waals surface area contributed by atoms with Crippen LogP contribution in [-0.4, -0.2) is 28.9 Å². The Kier molecular flexibility index (Phi) is 6.83. The van der Waals surface area contributed by atoms with Gasteiger partial charge < -0.3 is 14.6 Å². The maximum atomic E-state index is 13.4. The van der Waals surface area contributed by atoms with Gasteiger partial charge >= 0.3 is 0 Å². The molecule has 1 amide bonds. The number of benzene rings is 3. The molecule has 4 aromatic rings. The number of rotatable bonds is 8. The van der Waals surface area contributed by atoms with E-state index in [9.17, 15) is 4.79 Å². The Bertz CT molecular complexity index is 1210. The second-order valence-electron chi connectivity index (χ2n) is 8.79. The molecule has 0 saturated carbocycles. The SMILES string of the molecule is CCN(C(=O)COc1ccc(C(C)C)cc1)[C@H](c1ccc(C)cc1)c1c[nH]c2ccccc12. The summed E-state index contributed by atoms with van der Waals surface area (Å²) in [4.78, 5) is 18.7. The summed E-state index contributed by atoms with van der Waals surface area (Å²) in [7, 11) is 0. The topological polar surface area (TPSA) is 45.3 Å². The van der Waals surface area contributed by atoms with Crippen LogP contribution in [0, 0.1) is 6.92 Å². The summed E-state index contributed by atoms with van der Waals surface area (Å²) >= 11 is 0. The highest BCUT2D eigenvalue weighted by Crippen LogP contribution is 2.34. The standard InChI is InChI=1S/C29H32N2O2/c1-5-31(28(32)19-33-24-16-14-22(15-17-24)20(2)3)29(23-12-10-21(4)11-13-23)26-18-30-27-9-7-6-8-25(26)27/h6-18,20,29-30H,5,19H2,1-4H3/t29-/m1/s1. The summed E-state index contributed by atoms with van der Waals surface area (Å²) in [5.74, 6) is 1.13.